The molecule has 0 radical (unpaired) electrons. The molecular formula is C11H15Cl2NO2. The molecule has 1 aromatic rings. The van der Waals surface area contributed by atoms with Gasteiger partial charge >= 0.3 is 0 Å². The molecule has 0 aromatic heterocycles. The van der Waals surface area contributed by atoms with E-state index in [9.17, 15) is 0 Å². The van der Waals surface area contributed by atoms with Crippen LogP contribution in [0.5, 0.6) is 5.75 Å². The Morgan fingerprint density at radius 1 is 1.31 bits per heavy atom. The summed E-state index contributed by atoms with van der Waals surface area (Å²) in [7, 11) is 3.46. The summed E-state index contributed by atoms with van der Waals surface area (Å²) in [5.74, 6) is 0.570. The van der Waals surface area contributed by atoms with Crippen LogP contribution in [0.4, 0.5) is 0 Å². The summed E-state index contributed by atoms with van der Waals surface area (Å²) in [6.07, 6.45) is 0. The predicted octanol–water partition coefficient (Wildman–Crippen LogP) is 2.43. The van der Waals surface area contributed by atoms with Gasteiger partial charge in [0.05, 0.1) is 18.7 Å². The minimum Gasteiger partial charge on any atom is -0.495 e. The lowest BCUT2D eigenvalue weighted by Gasteiger charge is -2.17. The van der Waals surface area contributed by atoms with Gasteiger partial charge in [-0.25, -0.2) is 0 Å². The highest BCUT2D eigenvalue weighted by atomic mass is 35.5. The molecule has 0 spiro atoms. The Hall–Kier alpha value is -0.480. The van der Waals surface area contributed by atoms with Gasteiger partial charge in [0.25, 0.3) is 0 Å². The lowest BCUT2D eigenvalue weighted by Crippen LogP contribution is -2.21. The summed E-state index contributed by atoms with van der Waals surface area (Å²) in [4.78, 5) is 1.96. The number of benzene rings is 1. The SMILES string of the molecule is COc1ccc(CN(C)CCO)c(Cl)c1Cl. The first-order valence-corrected chi connectivity index (χ1v) is 5.66. The van der Waals surface area contributed by atoms with Crippen LogP contribution in [0.1, 0.15) is 5.56 Å². The zero-order chi connectivity index (χ0) is 12.1. The minimum absolute atomic E-state index is 0.123. The van der Waals surface area contributed by atoms with Gasteiger partial charge in [0.15, 0.2) is 0 Å². The van der Waals surface area contributed by atoms with E-state index in [2.05, 4.69) is 0 Å². The van der Waals surface area contributed by atoms with Crippen LogP contribution in [0, 0.1) is 0 Å². The Morgan fingerprint density at radius 3 is 2.56 bits per heavy atom. The third-order valence-corrected chi connectivity index (χ3v) is 3.17. The molecule has 0 fully saturated rings. The van der Waals surface area contributed by atoms with Crippen molar-refractivity contribution < 1.29 is 9.84 Å². The quantitative estimate of drug-likeness (QED) is 0.886. The largest absolute Gasteiger partial charge is 0.495 e. The highest BCUT2D eigenvalue weighted by molar-refractivity contribution is 6.43. The zero-order valence-electron chi connectivity index (χ0n) is 9.33. The molecule has 0 heterocycles. The monoisotopic (exact) mass is 263 g/mol. The maximum Gasteiger partial charge on any atom is 0.138 e. The van der Waals surface area contributed by atoms with Crippen LogP contribution in [-0.4, -0.2) is 37.3 Å². The van der Waals surface area contributed by atoms with Crippen LogP contribution in [0.25, 0.3) is 0 Å². The van der Waals surface area contributed by atoms with Crippen molar-refractivity contribution in [3.05, 3.63) is 27.7 Å². The number of hydrogen-bond acceptors (Lipinski definition) is 3. The maximum atomic E-state index is 8.80. The highest BCUT2D eigenvalue weighted by Crippen LogP contribution is 2.34. The van der Waals surface area contributed by atoms with Crippen LogP contribution in [0.3, 0.4) is 0 Å². The third kappa shape index (κ3) is 3.25. The molecule has 0 amide bonds. The number of likely N-dealkylation sites (N-methyl/N-ethyl adjacent to an activating group) is 1. The molecule has 0 unspecified atom stereocenters. The molecular weight excluding hydrogens is 249 g/mol. The van der Waals surface area contributed by atoms with Crippen molar-refractivity contribution in [2.24, 2.45) is 0 Å². The van der Waals surface area contributed by atoms with Crippen LogP contribution < -0.4 is 4.74 Å². The fourth-order valence-electron chi connectivity index (χ4n) is 1.39. The summed E-state index contributed by atoms with van der Waals surface area (Å²) < 4.78 is 5.06. The van der Waals surface area contributed by atoms with E-state index < -0.39 is 0 Å². The summed E-state index contributed by atoms with van der Waals surface area (Å²) in [6.45, 7) is 1.36. The lowest BCUT2D eigenvalue weighted by molar-refractivity contribution is 0.217. The fraction of sp³-hybridized carbons (Fsp3) is 0.455. The summed E-state index contributed by atoms with van der Waals surface area (Å²) >= 11 is 12.2. The molecule has 16 heavy (non-hydrogen) atoms. The first-order valence-electron chi connectivity index (χ1n) is 4.90. The molecule has 0 bridgehead atoms. The molecule has 0 aliphatic carbocycles. The lowest BCUT2D eigenvalue weighted by atomic mass is 10.2. The number of aliphatic hydroxyl groups excluding tert-OH is 1. The second-order valence-corrected chi connectivity index (χ2v) is 4.27. The number of ether oxygens (including phenoxy) is 1. The van der Waals surface area contributed by atoms with E-state index in [4.69, 9.17) is 33.0 Å². The van der Waals surface area contributed by atoms with Crippen LogP contribution in [0.15, 0.2) is 12.1 Å². The van der Waals surface area contributed by atoms with E-state index >= 15 is 0 Å². The second kappa shape index (κ2) is 6.30. The summed E-state index contributed by atoms with van der Waals surface area (Å²) in [5.41, 5.74) is 0.920. The van der Waals surface area contributed by atoms with Crippen molar-refractivity contribution >= 4 is 23.2 Å². The zero-order valence-corrected chi connectivity index (χ0v) is 10.8. The van der Waals surface area contributed by atoms with Gasteiger partial charge in [-0.15, -0.1) is 0 Å². The van der Waals surface area contributed by atoms with Gasteiger partial charge in [0.2, 0.25) is 0 Å². The first kappa shape index (κ1) is 13.6. The Labute approximate surface area is 106 Å². The van der Waals surface area contributed by atoms with Gasteiger partial charge in [-0.05, 0) is 18.7 Å². The molecule has 0 saturated heterocycles. The molecule has 0 saturated carbocycles. The van der Waals surface area contributed by atoms with Crippen LogP contribution in [0.2, 0.25) is 10.0 Å². The number of methoxy groups -OCH3 is 1. The van der Waals surface area contributed by atoms with E-state index in [0.717, 1.165) is 5.56 Å². The van der Waals surface area contributed by atoms with Crippen LogP contribution in [-0.2, 0) is 6.54 Å². The van der Waals surface area contributed by atoms with Gasteiger partial charge < -0.3 is 9.84 Å². The molecule has 3 nitrogen and oxygen atoms in total. The molecule has 0 aliphatic rings. The molecule has 90 valence electrons. The maximum absolute atomic E-state index is 8.80. The molecule has 5 heteroatoms. The number of halogens is 2. The van der Waals surface area contributed by atoms with Crippen molar-refractivity contribution in [3.8, 4) is 5.75 Å². The van der Waals surface area contributed by atoms with E-state index in [1.807, 2.05) is 18.0 Å². The number of rotatable bonds is 5. The van der Waals surface area contributed by atoms with Gasteiger partial charge in [-0.3, -0.25) is 4.90 Å². The van der Waals surface area contributed by atoms with Crippen molar-refractivity contribution in [1.82, 2.24) is 4.90 Å². The fourth-order valence-corrected chi connectivity index (χ4v) is 1.87. The number of nitrogens with zero attached hydrogens (tertiary/aromatic N) is 1. The average Bonchev–Trinajstić information content (AvgIpc) is 2.25. The highest BCUT2D eigenvalue weighted by Gasteiger charge is 2.11. The van der Waals surface area contributed by atoms with Crippen molar-refractivity contribution in [3.63, 3.8) is 0 Å². The van der Waals surface area contributed by atoms with Crippen LogP contribution >= 0.6 is 23.2 Å². The molecule has 1 rings (SSSR count). The van der Waals surface area contributed by atoms with Gasteiger partial charge in [0, 0.05) is 13.1 Å². The number of aliphatic hydroxyl groups is 1. The third-order valence-electron chi connectivity index (χ3n) is 2.27. The predicted molar refractivity (Wildman–Crippen MR) is 66.4 cm³/mol. The Morgan fingerprint density at radius 2 is 2.00 bits per heavy atom. The van der Waals surface area contributed by atoms with E-state index in [-0.39, 0.29) is 6.61 Å². The normalized spacial score (nSPS) is 10.9. The number of hydrogen-bond donors (Lipinski definition) is 1. The second-order valence-electron chi connectivity index (χ2n) is 3.52. The molecule has 0 aliphatic heterocycles. The van der Waals surface area contributed by atoms with E-state index in [1.165, 1.54) is 0 Å². The minimum atomic E-state index is 0.123. The van der Waals surface area contributed by atoms with Gasteiger partial charge in [0.1, 0.15) is 10.8 Å². The Bertz CT molecular complexity index is 358. The Kier molecular flexibility index (Phi) is 5.35. The topological polar surface area (TPSA) is 32.7 Å². The van der Waals surface area contributed by atoms with Gasteiger partial charge in [-0.2, -0.15) is 0 Å². The standard InChI is InChI=1S/C11H15Cl2NO2/c1-14(5-6-15)7-8-3-4-9(16-2)11(13)10(8)12/h3-4,15H,5-7H2,1-2H3. The summed E-state index contributed by atoms with van der Waals surface area (Å²) in [6, 6.07) is 3.66. The van der Waals surface area contributed by atoms with E-state index in [1.54, 1.807) is 13.2 Å². The first-order chi connectivity index (χ1) is 7.60. The van der Waals surface area contributed by atoms with Crippen molar-refractivity contribution in [2.75, 3.05) is 27.3 Å². The van der Waals surface area contributed by atoms with Gasteiger partial charge in [-0.1, -0.05) is 29.3 Å². The summed E-state index contributed by atoms with van der Waals surface area (Å²) in [5, 5.41) is 9.74. The van der Waals surface area contributed by atoms with Crippen molar-refractivity contribution in [2.45, 2.75) is 6.54 Å². The molecule has 1 N–H and O–H groups in total. The van der Waals surface area contributed by atoms with E-state index in [0.29, 0.717) is 28.9 Å². The average molecular weight is 264 g/mol. The molecule has 1 aromatic carbocycles. The van der Waals surface area contributed by atoms with Crippen molar-refractivity contribution in [1.29, 1.82) is 0 Å². The smallest absolute Gasteiger partial charge is 0.138 e. The molecule has 0 atom stereocenters. The Balaban J connectivity index is 2.86.